The van der Waals surface area contributed by atoms with Crippen molar-refractivity contribution in [2.75, 3.05) is 0 Å². The summed E-state index contributed by atoms with van der Waals surface area (Å²) in [5.41, 5.74) is 4.49. The van der Waals surface area contributed by atoms with E-state index in [1.54, 1.807) is 0 Å². The lowest BCUT2D eigenvalue weighted by molar-refractivity contribution is 0.676. The van der Waals surface area contributed by atoms with Gasteiger partial charge in [-0.2, -0.15) is 0 Å². The van der Waals surface area contributed by atoms with Crippen LogP contribution < -0.4 is 0 Å². The van der Waals surface area contributed by atoms with Gasteiger partial charge in [0, 0.05) is 23.0 Å². The molecule has 2 heteroatoms. The summed E-state index contributed by atoms with van der Waals surface area (Å²) in [7, 11) is 0. The number of aliphatic imine (C=N–C) groups is 1. The van der Waals surface area contributed by atoms with Gasteiger partial charge in [0.15, 0.2) is 0 Å². The minimum atomic E-state index is 0.941. The van der Waals surface area contributed by atoms with Crippen LogP contribution in [0.3, 0.4) is 0 Å². The van der Waals surface area contributed by atoms with Crippen LogP contribution in [-0.4, -0.2) is 10.7 Å². The number of rotatable bonds is 3. The van der Waals surface area contributed by atoms with Gasteiger partial charge in [0.05, 0.1) is 5.70 Å². The highest BCUT2D eigenvalue weighted by atomic mass is 15.2. The fraction of sp³-hybridized carbons (Fsp3) is 0.167. The van der Waals surface area contributed by atoms with Gasteiger partial charge in [0.25, 0.3) is 0 Å². The molecule has 0 unspecified atom stereocenters. The first-order valence-corrected chi connectivity index (χ1v) is 7.02. The maximum absolute atomic E-state index is 4.85. The Labute approximate surface area is 120 Å². The maximum Gasteiger partial charge on any atom is 0.137 e. The number of hydrogen-bond donors (Lipinski definition) is 0. The molecule has 2 aliphatic rings. The molecule has 0 aliphatic carbocycles. The van der Waals surface area contributed by atoms with Crippen LogP contribution in [0.2, 0.25) is 0 Å². The van der Waals surface area contributed by atoms with Crippen LogP contribution in [0, 0.1) is 0 Å². The highest BCUT2D eigenvalue weighted by molar-refractivity contribution is 6.02. The summed E-state index contributed by atoms with van der Waals surface area (Å²) >= 11 is 0. The Morgan fingerprint density at radius 2 is 1.95 bits per heavy atom. The predicted octanol–water partition coefficient (Wildman–Crippen LogP) is 4.51. The molecule has 0 atom stereocenters. The molecule has 0 aromatic heterocycles. The number of nitrogens with zero attached hydrogens (tertiary/aromatic N) is 2. The second-order valence-corrected chi connectivity index (χ2v) is 4.93. The van der Waals surface area contributed by atoms with E-state index in [0.29, 0.717) is 0 Å². The van der Waals surface area contributed by atoms with E-state index in [0.717, 1.165) is 35.6 Å². The van der Waals surface area contributed by atoms with E-state index >= 15 is 0 Å². The SMILES string of the molecule is C=C1C(CCC)=C(c2ccccc2)N=C2C=CC=CN12. The first-order valence-electron chi connectivity index (χ1n) is 7.02. The first kappa shape index (κ1) is 12.7. The zero-order valence-electron chi connectivity index (χ0n) is 11.7. The lowest BCUT2D eigenvalue weighted by atomic mass is 9.97. The van der Waals surface area contributed by atoms with Gasteiger partial charge in [0.2, 0.25) is 0 Å². The van der Waals surface area contributed by atoms with Crippen molar-refractivity contribution in [1.82, 2.24) is 4.90 Å². The Kier molecular flexibility index (Phi) is 3.38. The van der Waals surface area contributed by atoms with Crippen molar-refractivity contribution in [3.8, 4) is 0 Å². The van der Waals surface area contributed by atoms with Crippen molar-refractivity contribution in [2.45, 2.75) is 19.8 Å². The largest absolute Gasteiger partial charge is 0.302 e. The predicted molar refractivity (Wildman–Crippen MR) is 85.0 cm³/mol. The summed E-state index contributed by atoms with van der Waals surface area (Å²) in [5, 5.41) is 0. The number of fused-ring (bicyclic) bond motifs is 1. The fourth-order valence-electron chi connectivity index (χ4n) is 2.57. The first-order chi connectivity index (χ1) is 9.81. The van der Waals surface area contributed by atoms with Gasteiger partial charge in [-0.15, -0.1) is 0 Å². The second kappa shape index (κ2) is 5.33. The zero-order valence-corrected chi connectivity index (χ0v) is 11.7. The van der Waals surface area contributed by atoms with Gasteiger partial charge in [-0.05, 0) is 18.6 Å². The molecule has 2 heterocycles. The van der Waals surface area contributed by atoms with Crippen molar-refractivity contribution in [2.24, 2.45) is 4.99 Å². The van der Waals surface area contributed by atoms with Gasteiger partial charge in [0.1, 0.15) is 5.84 Å². The van der Waals surface area contributed by atoms with Crippen LogP contribution in [0.15, 0.2) is 77.6 Å². The van der Waals surface area contributed by atoms with E-state index in [1.807, 2.05) is 30.5 Å². The van der Waals surface area contributed by atoms with Crippen molar-refractivity contribution in [3.05, 3.63) is 78.2 Å². The number of hydrogen-bond acceptors (Lipinski definition) is 2. The average molecular weight is 262 g/mol. The van der Waals surface area contributed by atoms with E-state index in [-0.39, 0.29) is 0 Å². The molecular formula is C18H18N2. The van der Waals surface area contributed by atoms with Crippen molar-refractivity contribution in [1.29, 1.82) is 0 Å². The van der Waals surface area contributed by atoms with E-state index < -0.39 is 0 Å². The third kappa shape index (κ3) is 2.14. The van der Waals surface area contributed by atoms with Gasteiger partial charge < -0.3 is 4.90 Å². The zero-order chi connectivity index (χ0) is 13.9. The molecule has 20 heavy (non-hydrogen) atoms. The third-order valence-corrected chi connectivity index (χ3v) is 3.54. The topological polar surface area (TPSA) is 15.6 Å². The molecule has 0 radical (unpaired) electrons. The number of amidine groups is 1. The quantitative estimate of drug-likeness (QED) is 0.782. The van der Waals surface area contributed by atoms with Crippen LogP contribution >= 0.6 is 0 Å². The van der Waals surface area contributed by atoms with Gasteiger partial charge in [-0.3, -0.25) is 0 Å². The van der Waals surface area contributed by atoms with Crippen molar-refractivity contribution >= 4 is 11.5 Å². The van der Waals surface area contributed by atoms with Gasteiger partial charge in [-0.25, -0.2) is 4.99 Å². The smallest absolute Gasteiger partial charge is 0.137 e. The Bertz CT molecular complexity index is 645. The number of benzene rings is 1. The Morgan fingerprint density at radius 1 is 1.15 bits per heavy atom. The average Bonchev–Trinajstić information content (AvgIpc) is 2.51. The summed E-state index contributed by atoms with van der Waals surface area (Å²) in [6.07, 6.45) is 10.2. The lowest BCUT2D eigenvalue weighted by Crippen LogP contribution is -2.29. The summed E-state index contributed by atoms with van der Waals surface area (Å²) in [4.78, 5) is 6.91. The molecular weight excluding hydrogens is 244 g/mol. The van der Waals surface area contributed by atoms with Crippen LogP contribution in [0.4, 0.5) is 0 Å². The minimum Gasteiger partial charge on any atom is -0.302 e. The van der Waals surface area contributed by atoms with Crippen LogP contribution in [0.5, 0.6) is 0 Å². The normalized spacial score (nSPS) is 17.4. The third-order valence-electron chi connectivity index (χ3n) is 3.54. The van der Waals surface area contributed by atoms with E-state index in [1.165, 1.54) is 5.57 Å². The highest BCUT2D eigenvalue weighted by Gasteiger charge is 2.24. The van der Waals surface area contributed by atoms with Crippen molar-refractivity contribution in [3.63, 3.8) is 0 Å². The molecule has 0 amide bonds. The van der Waals surface area contributed by atoms with Gasteiger partial charge >= 0.3 is 0 Å². The summed E-state index contributed by atoms with van der Waals surface area (Å²) in [6.45, 7) is 6.46. The van der Waals surface area contributed by atoms with Gasteiger partial charge in [-0.1, -0.05) is 56.3 Å². The van der Waals surface area contributed by atoms with Crippen LogP contribution in [0.1, 0.15) is 25.3 Å². The molecule has 0 spiro atoms. The molecule has 1 aromatic carbocycles. The molecule has 2 nitrogen and oxygen atoms in total. The number of allylic oxidation sites excluding steroid dienone is 3. The van der Waals surface area contributed by atoms with Crippen molar-refractivity contribution < 1.29 is 0 Å². The molecule has 0 bridgehead atoms. The van der Waals surface area contributed by atoms with Crippen LogP contribution in [0.25, 0.3) is 5.70 Å². The molecule has 3 rings (SSSR count). The molecule has 0 N–H and O–H groups in total. The maximum atomic E-state index is 4.85. The molecule has 0 saturated heterocycles. The van der Waals surface area contributed by atoms with E-state index in [9.17, 15) is 0 Å². The standard InChI is InChI=1S/C18H18N2/c1-3-9-16-14(2)20-13-8-7-12-17(20)19-18(16)15-10-5-4-6-11-15/h4-8,10-13H,2-3,9H2,1H3. The Morgan fingerprint density at radius 3 is 2.70 bits per heavy atom. The summed E-state index contributed by atoms with van der Waals surface area (Å²) < 4.78 is 0. The van der Waals surface area contributed by atoms with E-state index in [2.05, 4.69) is 42.7 Å². The summed E-state index contributed by atoms with van der Waals surface area (Å²) in [6, 6.07) is 10.4. The summed E-state index contributed by atoms with van der Waals surface area (Å²) in [5.74, 6) is 0.941. The Balaban J connectivity index is 2.14. The molecule has 0 saturated carbocycles. The molecule has 100 valence electrons. The molecule has 0 fully saturated rings. The fourth-order valence-corrected chi connectivity index (χ4v) is 2.57. The second-order valence-electron chi connectivity index (χ2n) is 4.93. The minimum absolute atomic E-state index is 0.941. The Hall–Kier alpha value is -2.35. The molecule has 1 aromatic rings. The monoisotopic (exact) mass is 262 g/mol. The highest BCUT2D eigenvalue weighted by Crippen LogP contribution is 2.34. The van der Waals surface area contributed by atoms with Crippen LogP contribution in [-0.2, 0) is 0 Å². The van der Waals surface area contributed by atoms with E-state index in [4.69, 9.17) is 4.99 Å². The lowest BCUT2D eigenvalue weighted by Gasteiger charge is -2.31. The molecule has 2 aliphatic heterocycles.